The highest BCUT2D eigenvalue weighted by Gasteiger charge is 2.34. The average molecular weight is 498 g/mol. The second kappa shape index (κ2) is 10.4. The van der Waals surface area contributed by atoms with Gasteiger partial charge in [0.05, 0.1) is 12.2 Å². The van der Waals surface area contributed by atoms with Gasteiger partial charge in [-0.2, -0.15) is 13.2 Å². The molecule has 0 aliphatic carbocycles. The molecule has 1 saturated heterocycles. The second-order valence-electron chi connectivity index (χ2n) is 9.18. The molecule has 1 aliphatic rings. The van der Waals surface area contributed by atoms with Crippen molar-refractivity contribution in [1.29, 1.82) is 0 Å². The first-order chi connectivity index (χ1) is 16.3. The Labute approximate surface area is 202 Å². The number of rotatable bonds is 7. The summed E-state index contributed by atoms with van der Waals surface area (Å²) in [6.45, 7) is 12.0. The third kappa shape index (κ3) is 6.42. The average Bonchev–Trinajstić information content (AvgIpc) is 2.76. The fraction of sp³-hybridized carbons (Fsp3) is 0.520. The molecule has 192 valence electrons. The topological polar surface area (TPSA) is 54.9 Å². The van der Waals surface area contributed by atoms with Crippen molar-refractivity contribution < 1.29 is 31.8 Å². The van der Waals surface area contributed by atoms with Crippen molar-refractivity contribution in [2.45, 2.75) is 52.9 Å². The normalized spacial score (nSPS) is 15.3. The molecular formula is C25H31F4N3O3. The number of piperazine rings is 1. The van der Waals surface area contributed by atoms with Gasteiger partial charge in [0.1, 0.15) is 5.75 Å². The lowest BCUT2D eigenvalue weighted by Gasteiger charge is -2.35. The number of hydrogen-bond donors (Lipinski definition) is 0. The molecule has 0 amide bonds. The predicted octanol–water partition coefficient (Wildman–Crippen LogP) is 4.90. The van der Waals surface area contributed by atoms with Crippen LogP contribution < -0.4 is 9.64 Å². The number of carbonyl (C=O) groups is 1. The van der Waals surface area contributed by atoms with Gasteiger partial charge in [-0.1, -0.05) is 12.1 Å². The van der Waals surface area contributed by atoms with Crippen LogP contribution in [-0.4, -0.2) is 54.2 Å². The van der Waals surface area contributed by atoms with Crippen LogP contribution in [-0.2, 0) is 22.3 Å². The number of carbonyl (C=O) groups excluding carboxylic acids is 1. The Morgan fingerprint density at radius 1 is 1.06 bits per heavy atom. The molecule has 1 aliphatic heterocycles. The van der Waals surface area contributed by atoms with E-state index < -0.39 is 29.1 Å². The van der Waals surface area contributed by atoms with E-state index in [0.29, 0.717) is 50.7 Å². The third-order valence-electron chi connectivity index (χ3n) is 5.87. The zero-order valence-electron chi connectivity index (χ0n) is 20.6. The lowest BCUT2D eigenvalue weighted by Crippen LogP contribution is -2.46. The molecule has 6 nitrogen and oxygen atoms in total. The summed E-state index contributed by atoms with van der Waals surface area (Å²) in [6, 6.07) is 4.51. The van der Waals surface area contributed by atoms with Gasteiger partial charge in [0.15, 0.2) is 17.2 Å². The molecule has 0 atom stereocenters. The Bertz CT molecular complexity index is 1040. The Balaban J connectivity index is 1.63. The number of hydrogen-bond acceptors (Lipinski definition) is 6. The van der Waals surface area contributed by atoms with Crippen molar-refractivity contribution in [2.24, 2.45) is 0 Å². The number of nitrogens with zero attached hydrogens (tertiary/aromatic N) is 3. The van der Waals surface area contributed by atoms with Gasteiger partial charge in [0.2, 0.25) is 0 Å². The Kier molecular flexibility index (Phi) is 7.93. The number of aryl methyl sites for hydroxylation is 2. The first-order valence-electron chi connectivity index (χ1n) is 11.5. The summed E-state index contributed by atoms with van der Waals surface area (Å²) in [5.74, 6) is -0.823. The predicted molar refractivity (Wildman–Crippen MR) is 124 cm³/mol. The van der Waals surface area contributed by atoms with Crippen LogP contribution in [0.3, 0.4) is 0 Å². The van der Waals surface area contributed by atoms with Crippen LogP contribution in [0.25, 0.3) is 0 Å². The zero-order chi connectivity index (χ0) is 26.0. The Morgan fingerprint density at radius 3 is 2.17 bits per heavy atom. The number of anilines is 1. The maximum Gasteiger partial charge on any atom is 0.417 e. The molecule has 2 heterocycles. The fourth-order valence-corrected chi connectivity index (χ4v) is 4.09. The number of benzene rings is 1. The van der Waals surface area contributed by atoms with E-state index in [1.807, 2.05) is 26.0 Å². The molecule has 0 spiro atoms. The van der Waals surface area contributed by atoms with Crippen LogP contribution in [0.4, 0.5) is 23.4 Å². The van der Waals surface area contributed by atoms with E-state index in [-0.39, 0.29) is 12.4 Å². The molecular weight excluding hydrogens is 466 g/mol. The third-order valence-corrected chi connectivity index (χ3v) is 5.87. The minimum Gasteiger partial charge on any atom is -0.476 e. The van der Waals surface area contributed by atoms with Gasteiger partial charge in [0, 0.05) is 38.9 Å². The number of ether oxygens (including phenoxy) is 2. The van der Waals surface area contributed by atoms with Crippen LogP contribution in [0.5, 0.6) is 5.75 Å². The molecule has 35 heavy (non-hydrogen) atoms. The highest BCUT2D eigenvalue weighted by Crippen LogP contribution is 2.32. The van der Waals surface area contributed by atoms with Crippen LogP contribution in [0.15, 0.2) is 24.4 Å². The van der Waals surface area contributed by atoms with Crippen LogP contribution in [0, 0.1) is 19.7 Å². The quantitative estimate of drug-likeness (QED) is 0.401. The molecule has 10 heteroatoms. The monoisotopic (exact) mass is 497 g/mol. The molecule has 0 saturated carbocycles. The number of alkyl halides is 3. The Morgan fingerprint density at radius 2 is 1.66 bits per heavy atom. The van der Waals surface area contributed by atoms with Crippen molar-refractivity contribution >= 4 is 11.8 Å². The SMILES string of the molecule is CCOC(=O)C(C)(C)Oc1c(C)cc(CN2CCN(c3ncc(C(F)(F)F)cc3F)CC2)cc1C. The molecule has 0 radical (unpaired) electrons. The summed E-state index contributed by atoms with van der Waals surface area (Å²) in [5.41, 5.74) is 0.638. The maximum atomic E-state index is 14.3. The maximum absolute atomic E-state index is 14.3. The van der Waals surface area contributed by atoms with Gasteiger partial charge in [-0.3, -0.25) is 4.90 Å². The number of halogens is 4. The van der Waals surface area contributed by atoms with Crippen molar-refractivity contribution in [3.63, 3.8) is 0 Å². The summed E-state index contributed by atoms with van der Waals surface area (Å²) in [7, 11) is 0. The van der Waals surface area contributed by atoms with E-state index in [4.69, 9.17) is 9.47 Å². The van der Waals surface area contributed by atoms with E-state index in [2.05, 4.69) is 9.88 Å². The molecule has 2 aromatic rings. The molecule has 0 N–H and O–H groups in total. The fourth-order valence-electron chi connectivity index (χ4n) is 4.09. The van der Waals surface area contributed by atoms with E-state index in [1.54, 1.807) is 25.7 Å². The molecule has 1 aromatic carbocycles. The van der Waals surface area contributed by atoms with Gasteiger partial charge in [-0.25, -0.2) is 14.2 Å². The van der Waals surface area contributed by atoms with Crippen LogP contribution in [0.2, 0.25) is 0 Å². The Hall–Kier alpha value is -2.88. The van der Waals surface area contributed by atoms with Gasteiger partial charge in [-0.15, -0.1) is 0 Å². The first-order valence-corrected chi connectivity index (χ1v) is 11.5. The number of aromatic nitrogens is 1. The van der Waals surface area contributed by atoms with E-state index in [0.717, 1.165) is 16.7 Å². The molecule has 0 unspecified atom stereocenters. The van der Waals surface area contributed by atoms with Gasteiger partial charge in [0.25, 0.3) is 0 Å². The number of pyridine rings is 1. The zero-order valence-corrected chi connectivity index (χ0v) is 20.6. The molecule has 1 aromatic heterocycles. The van der Waals surface area contributed by atoms with Gasteiger partial charge >= 0.3 is 12.1 Å². The smallest absolute Gasteiger partial charge is 0.417 e. The van der Waals surface area contributed by atoms with Crippen LogP contribution >= 0.6 is 0 Å². The van der Waals surface area contributed by atoms with Crippen molar-refractivity contribution in [3.05, 3.63) is 52.5 Å². The standard InChI is InChI=1S/C25H31F4N3O3/c1-6-34-23(33)24(4,5)35-21-16(2)11-18(12-17(21)3)15-31-7-9-32(10-8-31)22-20(26)13-19(14-30-22)25(27,28)29/h11-14H,6-10,15H2,1-5H3. The lowest BCUT2D eigenvalue weighted by molar-refractivity contribution is -0.158. The summed E-state index contributed by atoms with van der Waals surface area (Å²) >= 11 is 0. The minimum atomic E-state index is -4.63. The second-order valence-corrected chi connectivity index (χ2v) is 9.18. The van der Waals surface area contributed by atoms with Crippen molar-refractivity contribution in [1.82, 2.24) is 9.88 Å². The summed E-state index contributed by atoms with van der Waals surface area (Å²) in [4.78, 5) is 19.8. The largest absolute Gasteiger partial charge is 0.476 e. The molecule has 1 fully saturated rings. The first kappa shape index (κ1) is 26.7. The van der Waals surface area contributed by atoms with Crippen molar-refractivity contribution in [2.75, 3.05) is 37.7 Å². The van der Waals surface area contributed by atoms with E-state index in [1.165, 1.54) is 0 Å². The van der Waals surface area contributed by atoms with E-state index >= 15 is 0 Å². The van der Waals surface area contributed by atoms with Gasteiger partial charge in [-0.05, 0) is 57.4 Å². The van der Waals surface area contributed by atoms with Gasteiger partial charge < -0.3 is 14.4 Å². The summed E-state index contributed by atoms with van der Waals surface area (Å²) < 4.78 is 63.7. The van der Waals surface area contributed by atoms with Crippen LogP contribution in [0.1, 0.15) is 43.0 Å². The molecule has 3 rings (SSSR count). The summed E-state index contributed by atoms with van der Waals surface area (Å²) in [5, 5.41) is 0. The highest BCUT2D eigenvalue weighted by molar-refractivity contribution is 5.79. The minimum absolute atomic E-state index is 0.0601. The highest BCUT2D eigenvalue weighted by atomic mass is 19.4. The molecule has 0 bridgehead atoms. The lowest BCUT2D eigenvalue weighted by atomic mass is 10.0. The van der Waals surface area contributed by atoms with Crippen molar-refractivity contribution in [3.8, 4) is 5.75 Å². The van der Waals surface area contributed by atoms with E-state index in [9.17, 15) is 22.4 Å². The number of esters is 1. The summed E-state index contributed by atoms with van der Waals surface area (Å²) in [6.07, 6.45) is -3.96.